The van der Waals surface area contributed by atoms with Crippen LogP contribution in [-0.2, 0) is 0 Å². The molecule has 0 saturated carbocycles. The lowest BCUT2D eigenvalue weighted by Crippen LogP contribution is -2.30. The summed E-state index contributed by atoms with van der Waals surface area (Å²) < 4.78 is 2.06. The van der Waals surface area contributed by atoms with Crippen LogP contribution in [0.3, 0.4) is 0 Å². The zero-order valence-electron chi connectivity index (χ0n) is 12.5. The van der Waals surface area contributed by atoms with Gasteiger partial charge in [-0.3, -0.25) is 4.79 Å². The van der Waals surface area contributed by atoms with Gasteiger partial charge in [0.25, 0.3) is 5.91 Å². The Bertz CT molecular complexity index is 632. The zero-order valence-corrected chi connectivity index (χ0v) is 13.3. The van der Waals surface area contributed by atoms with Crippen molar-refractivity contribution in [2.24, 2.45) is 0 Å². The van der Waals surface area contributed by atoms with Crippen molar-refractivity contribution < 1.29 is 4.79 Å². The van der Waals surface area contributed by atoms with Gasteiger partial charge in [-0.2, -0.15) is 0 Å². The van der Waals surface area contributed by atoms with E-state index in [1.165, 1.54) is 0 Å². The number of carbonyl (C=O) groups excluding carboxylic acids is 1. The van der Waals surface area contributed by atoms with E-state index in [0.29, 0.717) is 17.1 Å². The molecule has 0 aliphatic heterocycles. The molecule has 2 rings (SSSR count). The maximum Gasteiger partial charge on any atom is 0.253 e. The van der Waals surface area contributed by atoms with E-state index in [1.54, 1.807) is 0 Å². The first-order valence-corrected chi connectivity index (χ1v) is 7.30. The van der Waals surface area contributed by atoms with Crippen LogP contribution >= 0.6 is 11.6 Å². The summed E-state index contributed by atoms with van der Waals surface area (Å²) in [6.07, 6.45) is 0. The van der Waals surface area contributed by atoms with Crippen LogP contribution < -0.4 is 10.6 Å². The molecular formula is C16H20ClN3O. The molecule has 0 fully saturated rings. The first-order valence-electron chi connectivity index (χ1n) is 6.92. The van der Waals surface area contributed by atoms with Crippen molar-refractivity contribution in [3.05, 3.63) is 52.3 Å². The molecule has 1 aromatic heterocycles. The Morgan fingerprint density at radius 2 is 1.86 bits per heavy atom. The molecule has 0 aliphatic rings. The van der Waals surface area contributed by atoms with Crippen LogP contribution in [-0.4, -0.2) is 30.6 Å². The van der Waals surface area contributed by atoms with E-state index in [2.05, 4.69) is 15.2 Å². The van der Waals surface area contributed by atoms with Crippen molar-refractivity contribution in [2.45, 2.75) is 13.8 Å². The molecule has 4 nitrogen and oxygen atoms in total. The highest BCUT2D eigenvalue weighted by molar-refractivity contribution is 6.30. The average Bonchev–Trinajstić information content (AvgIpc) is 2.76. The molecule has 0 radical (unpaired) electrons. The van der Waals surface area contributed by atoms with Gasteiger partial charge in [0.1, 0.15) is 0 Å². The minimum atomic E-state index is -0.0430. The molecule has 0 unspecified atom stereocenters. The molecule has 1 amide bonds. The summed E-state index contributed by atoms with van der Waals surface area (Å²) in [5.74, 6) is -0.0430. The minimum Gasteiger partial charge on any atom is -0.351 e. The summed E-state index contributed by atoms with van der Waals surface area (Å²) in [4.78, 5) is 12.2. The first-order chi connectivity index (χ1) is 10.0. The quantitative estimate of drug-likeness (QED) is 0.834. The highest BCUT2D eigenvalue weighted by Crippen LogP contribution is 2.22. The number of nitrogens with one attached hydrogen (secondary N) is 2. The van der Waals surface area contributed by atoms with E-state index in [-0.39, 0.29) is 5.91 Å². The van der Waals surface area contributed by atoms with Crippen molar-refractivity contribution in [3.63, 3.8) is 0 Å². The number of hydrogen-bond acceptors (Lipinski definition) is 2. The Labute approximate surface area is 130 Å². The number of nitrogens with zero attached hydrogens (tertiary/aromatic N) is 1. The third-order valence-electron chi connectivity index (χ3n) is 3.42. The van der Waals surface area contributed by atoms with Gasteiger partial charge in [-0.05, 0) is 51.2 Å². The molecule has 0 spiro atoms. The molecule has 5 heteroatoms. The molecule has 1 heterocycles. The number of aromatic nitrogens is 1. The fourth-order valence-electron chi connectivity index (χ4n) is 2.38. The summed E-state index contributed by atoms with van der Waals surface area (Å²) in [5.41, 5.74) is 3.66. The summed E-state index contributed by atoms with van der Waals surface area (Å²) >= 11 is 5.93. The van der Waals surface area contributed by atoms with Gasteiger partial charge in [0, 0.05) is 35.2 Å². The molecule has 2 N–H and O–H groups in total. The minimum absolute atomic E-state index is 0.0430. The summed E-state index contributed by atoms with van der Waals surface area (Å²) in [5, 5.41) is 6.61. The van der Waals surface area contributed by atoms with Crippen LogP contribution in [0.1, 0.15) is 21.7 Å². The van der Waals surface area contributed by atoms with Gasteiger partial charge in [0.15, 0.2) is 0 Å². The number of amides is 1. The molecule has 0 aliphatic carbocycles. The van der Waals surface area contributed by atoms with E-state index < -0.39 is 0 Å². The van der Waals surface area contributed by atoms with E-state index in [0.717, 1.165) is 23.6 Å². The molecular weight excluding hydrogens is 286 g/mol. The fourth-order valence-corrected chi connectivity index (χ4v) is 2.50. The van der Waals surface area contributed by atoms with E-state index in [4.69, 9.17) is 11.6 Å². The van der Waals surface area contributed by atoms with Gasteiger partial charge < -0.3 is 15.2 Å². The second kappa shape index (κ2) is 6.78. The molecule has 0 bridgehead atoms. The highest BCUT2D eigenvalue weighted by atomic mass is 35.5. The number of halogens is 1. The summed E-state index contributed by atoms with van der Waals surface area (Å²) in [7, 11) is 1.86. The maximum atomic E-state index is 12.2. The number of carbonyl (C=O) groups is 1. The molecule has 0 saturated heterocycles. The Hall–Kier alpha value is -1.78. The van der Waals surface area contributed by atoms with E-state index in [9.17, 15) is 4.79 Å². The van der Waals surface area contributed by atoms with Crippen molar-refractivity contribution in [1.29, 1.82) is 0 Å². The normalized spacial score (nSPS) is 10.7. The molecule has 1 aromatic carbocycles. The van der Waals surface area contributed by atoms with Gasteiger partial charge in [-0.25, -0.2) is 0 Å². The Balaban J connectivity index is 2.29. The van der Waals surface area contributed by atoms with Crippen LogP contribution in [0.5, 0.6) is 0 Å². The van der Waals surface area contributed by atoms with Crippen molar-refractivity contribution >= 4 is 17.5 Å². The lowest BCUT2D eigenvalue weighted by molar-refractivity contribution is 0.0953. The van der Waals surface area contributed by atoms with Crippen molar-refractivity contribution in [1.82, 2.24) is 15.2 Å². The molecule has 2 aromatic rings. The van der Waals surface area contributed by atoms with Crippen LogP contribution in [0.15, 0.2) is 30.3 Å². The van der Waals surface area contributed by atoms with Gasteiger partial charge in [0.05, 0.1) is 5.56 Å². The number of aryl methyl sites for hydroxylation is 1. The van der Waals surface area contributed by atoms with Crippen molar-refractivity contribution in [3.8, 4) is 5.69 Å². The second-order valence-electron chi connectivity index (χ2n) is 4.96. The zero-order chi connectivity index (χ0) is 15.4. The van der Waals surface area contributed by atoms with Gasteiger partial charge in [0.2, 0.25) is 0 Å². The molecule has 21 heavy (non-hydrogen) atoms. The topological polar surface area (TPSA) is 46.1 Å². The van der Waals surface area contributed by atoms with Gasteiger partial charge >= 0.3 is 0 Å². The van der Waals surface area contributed by atoms with E-state index in [1.807, 2.05) is 51.2 Å². The maximum absolute atomic E-state index is 12.2. The lowest BCUT2D eigenvalue weighted by Gasteiger charge is -2.10. The molecule has 0 atom stereocenters. The predicted molar refractivity (Wildman–Crippen MR) is 86.5 cm³/mol. The molecule has 112 valence electrons. The standard InChI is InChI=1S/C16H20ClN3O/c1-11-10-15(16(21)19-9-8-18-3)12(2)20(11)14-6-4-13(17)5-7-14/h4-7,10,18H,8-9H2,1-3H3,(H,19,21). The van der Waals surface area contributed by atoms with Gasteiger partial charge in [-0.15, -0.1) is 0 Å². The van der Waals surface area contributed by atoms with Crippen LogP contribution in [0.25, 0.3) is 5.69 Å². The number of likely N-dealkylation sites (N-methyl/N-ethyl adjacent to an activating group) is 1. The number of benzene rings is 1. The van der Waals surface area contributed by atoms with Crippen LogP contribution in [0.4, 0.5) is 0 Å². The van der Waals surface area contributed by atoms with Crippen LogP contribution in [0.2, 0.25) is 5.02 Å². The smallest absolute Gasteiger partial charge is 0.253 e. The third kappa shape index (κ3) is 3.46. The number of hydrogen-bond donors (Lipinski definition) is 2. The predicted octanol–water partition coefficient (Wildman–Crippen LogP) is 2.70. The third-order valence-corrected chi connectivity index (χ3v) is 3.67. The van der Waals surface area contributed by atoms with E-state index >= 15 is 0 Å². The average molecular weight is 306 g/mol. The Morgan fingerprint density at radius 3 is 2.48 bits per heavy atom. The monoisotopic (exact) mass is 305 g/mol. The SMILES string of the molecule is CNCCNC(=O)c1cc(C)n(-c2ccc(Cl)cc2)c1C. The Morgan fingerprint density at radius 1 is 1.19 bits per heavy atom. The Kier molecular flexibility index (Phi) is 5.04. The van der Waals surface area contributed by atoms with Crippen molar-refractivity contribution in [2.75, 3.05) is 20.1 Å². The highest BCUT2D eigenvalue weighted by Gasteiger charge is 2.16. The summed E-state index contributed by atoms with van der Waals surface area (Å²) in [6.45, 7) is 5.31. The second-order valence-corrected chi connectivity index (χ2v) is 5.39. The fraction of sp³-hybridized carbons (Fsp3) is 0.312. The van der Waals surface area contributed by atoms with Crippen LogP contribution in [0, 0.1) is 13.8 Å². The lowest BCUT2D eigenvalue weighted by atomic mass is 10.2. The first kappa shape index (κ1) is 15.6. The summed E-state index contributed by atoms with van der Waals surface area (Å²) in [6, 6.07) is 9.51. The van der Waals surface area contributed by atoms with Gasteiger partial charge in [-0.1, -0.05) is 11.6 Å². The number of rotatable bonds is 5. The largest absolute Gasteiger partial charge is 0.351 e.